The Morgan fingerprint density at radius 3 is 2.28 bits per heavy atom. The average Bonchev–Trinajstić information content (AvgIpc) is 2.40. The molecule has 0 saturated carbocycles. The van der Waals surface area contributed by atoms with Crippen molar-refractivity contribution in [2.24, 2.45) is 0 Å². The van der Waals surface area contributed by atoms with E-state index in [-0.39, 0.29) is 14.2 Å². The van der Waals surface area contributed by atoms with Crippen LogP contribution in [0.4, 0.5) is 0 Å². The molecule has 0 saturated heterocycles. The molecule has 0 N–H and O–H groups in total. The number of hydrogen-bond donors (Lipinski definition) is 0. The van der Waals surface area contributed by atoms with Crippen molar-refractivity contribution >= 4 is 19.5 Å². The lowest BCUT2D eigenvalue weighted by Crippen LogP contribution is -2.12. The second kappa shape index (κ2) is 5.24. The first-order valence-electron chi connectivity index (χ1n) is 5.68. The lowest BCUT2D eigenvalue weighted by Gasteiger charge is -2.08. The SMILES string of the molecule is Cc1ccc(C(=O)c2ccccc2)c(C)c1P=O. The second-order valence-electron chi connectivity index (χ2n) is 4.19. The van der Waals surface area contributed by atoms with Gasteiger partial charge in [-0.1, -0.05) is 42.5 Å². The fourth-order valence-electron chi connectivity index (χ4n) is 1.97. The molecule has 18 heavy (non-hydrogen) atoms. The standard InChI is InChI=1S/C15H13O2P/c1-10-8-9-13(11(2)15(10)18-17)14(16)12-6-4-3-5-7-12/h3-9H,1-2H3. The van der Waals surface area contributed by atoms with Gasteiger partial charge in [0.2, 0.25) is 0 Å². The summed E-state index contributed by atoms with van der Waals surface area (Å²) < 4.78 is 11.1. The number of benzene rings is 2. The van der Waals surface area contributed by atoms with E-state index in [2.05, 4.69) is 0 Å². The Bertz CT molecular complexity index is 603. The molecule has 2 nitrogen and oxygen atoms in total. The molecule has 0 heterocycles. The molecule has 0 aliphatic carbocycles. The predicted octanol–water partition coefficient (Wildman–Crippen LogP) is 3.45. The largest absolute Gasteiger partial charge is 0.289 e. The Morgan fingerprint density at radius 1 is 1.00 bits per heavy atom. The van der Waals surface area contributed by atoms with Crippen molar-refractivity contribution in [3.63, 3.8) is 0 Å². The number of rotatable bonds is 3. The van der Waals surface area contributed by atoms with Gasteiger partial charge in [0.05, 0.1) is 0 Å². The highest BCUT2D eigenvalue weighted by Gasteiger charge is 2.15. The maximum atomic E-state index is 12.3. The van der Waals surface area contributed by atoms with Crippen LogP contribution in [0, 0.1) is 13.8 Å². The molecule has 0 aliphatic rings. The van der Waals surface area contributed by atoms with Gasteiger partial charge in [-0.15, -0.1) is 0 Å². The van der Waals surface area contributed by atoms with Crippen LogP contribution in [0.25, 0.3) is 0 Å². The molecule has 0 spiro atoms. The Morgan fingerprint density at radius 2 is 1.67 bits per heavy atom. The van der Waals surface area contributed by atoms with Crippen LogP contribution in [-0.4, -0.2) is 5.78 Å². The maximum absolute atomic E-state index is 12.3. The third-order valence-corrected chi connectivity index (χ3v) is 3.88. The van der Waals surface area contributed by atoms with E-state index in [9.17, 15) is 9.36 Å². The van der Waals surface area contributed by atoms with Crippen LogP contribution in [0.3, 0.4) is 0 Å². The van der Waals surface area contributed by atoms with Gasteiger partial charge in [0.15, 0.2) is 14.2 Å². The normalized spacial score (nSPS) is 10.6. The van der Waals surface area contributed by atoms with Gasteiger partial charge in [0, 0.05) is 16.4 Å². The lowest BCUT2D eigenvalue weighted by atomic mass is 9.97. The zero-order valence-electron chi connectivity index (χ0n) is 10.3. The van der Waals surface area contributed by atoms with Crippen LogP contribution < -0.4 is 5.30 Å². The number of carbonyl (C=O) groups is 1. The molecule has 0 unspecified atom stereocenters. The van der Waals surface area contributed by atoms with Crippen molar-refractivity contribution in [1.82, 2.24) is 0 Å². The highest BCUT2D eigenvalue weighted by atomic mass is 31.1. The molecule has 0 aliphatic heterocycles. The van der Waals surface area contributed by atoms with Gasteiger partial charge in [0.1, 0.15) is 0 Å². The number of aryl methyl sites for hydroxylation is 1. The summed E-state index contributed by atoms with van der Waals surface area (Å²) >= 11 is 0. The molecule has 0 bridgehead atoms. The quantitative estimate of drug-likeness (QED) is 0.622. The van der Waals surface area contributed by atoms with Crippen molar-refractivity contribution in [3.8, 4) is 0 Å². The maximum Gasteiger partial charge on any atom is 0.193 e. The average molecular weight is 256 g/mol. The number of ketones is 1. The molecule has 2 aromatic rings. The van der Waals surface area contributed by atoms with Crippen molar-refractivity contribution in [2.45, 2.75) is 13.8 Å². The summed E-state index contributed by atoms with van der Waals surface area (Å²) in [7, 11) is -0.0406. The van der Waals surface area contributed by atoms with Crippen molar-refractivity contribution in [1.29, 1.82) is 0 Å². The lowest BCUT2D eigenvalue weighted by molar-refractivity contribution is 0.103. The number of hydrogen-bond acceptors (Lipinski definition) is 2. The first kappa shape index (κ1) is 12.7. The van der Waals surface area contributed by atoms with Crippen LogP contribution in [0.1, 0.15) is 27.0 Å². The molecule has 0 radical (unpaired) electrons. The predicted molar refractivity (Wildman–Crippen MR) is 73.0 cm³/mol. The van der Waals surface area contributed by atoms with E-state index in [4.69, 9.17) is 0 Å². The molecule has 0 atom stereocenters. The van der Waals surface area contributed by atoms with Crippen LogP contribution >= 0.6 is 8.46 Å². The minimum atomic E-state index is -0.0406. The van der Waals surface area contributed by atoms with Gasteiger partial charge in [-0.3, -0.25) is 9.36 Å². The molecule has 2 rings (SSSR count). The molecule has 0 fully saturated rings. The minimum Gasteiger partial charge on any atom is -0.289 e. The van der Waals surface area contributed by atoms with Crippen molar-refractivity contribution in [2.75, 3.05) is 0 Å². The summed E-state index contributed by atoms with van der Waals surface area (Å²) in [5.41, 5.74) is 3.00. The van der Waals surface area contributed by atoms with Crippen LogP contribution in [0.2, 0.25) is 0 Å². The Hall–Kier alpha value is -1.79. The third-order valence-electron chi connectivity index (χ3n) is 3.00. The molecule has 3 heteroatoms. The van der Waals surface area contributed by atoms with Gasteiger partial charge >= 0.3 is 0 Å². The van der Waals surface area contributed by atoms with Gasteiger partial charge in [-0.05, 0) is 25.0 Å². The van der Waals surface area contributed by atoms with E-state index < -0.39 is 0 Å². The summed E-state index contributed by atoms with van der Waals surface area (Å²) in [5, 5.41) is 0.705. The van der Waals surface area contributed by atoms with E-state index in [0.29, 0.717) is 16.4 Å². The summed E-state index contributed by atoms with van der Waals surface area (Å²) in [6, 6.07) is 12.8. The molecule has 2 aromatic carbocycles. The highest BCUT2D eigenvalue weighted by molar-refractivity contribution is 7.34. The molecular formula is C15H13O2P. The smallest absolute Gasteiger partial charge is 0.193 e. The molecule has 0 amide bonds. The molecular weight excluding hydrogens is 243 g/mol. The van der Waals surface area contributed by atoms with Crippen LogP contribution in [0.15, 0.2) is 42.5 Å². The zero-order valence-corrected chi connectivity index (χ0v) is 11.2. The third kappa shape index (κ3) is 2.25. The first-order valence-corrected chi connectivity index (χ1v) is 6.49. The fraction of sp³-hybridized carbons (Fsp3) is 0.133. The van der Waals surface area contributed by atoms with E-state index in [1.165, 1.54) is 0 Å². The second-order valence-corrected chi connectivity index (χ2v) is 4.82. The van der Waals surface area contributed by atoms with Gasteiger partial charge in [-0.2, -0.15) is 0 Å². The van der Waals surface area contributed by atoms with Crippen LogP contribution in [0.5, 0.6) is 0 Å². The van der Waals surface area contributed by atoms with E-state index >= 15 is 0 Å². The van der Waals surface area contributed by atoms with Crippen LogP contribution in [-0.2, 0) is 4.57 Å². The van der Waals surface area contributed by atoms with Crippen molar-refractivity contribution in [3.05, 3.63) is 64.7 Å². The van der Waals surface area contributed by atoms with Gasteiger partial charge in [-0.25, -0.2) is 0 Å². The van der Waals surface area contributed by atoms with E-state index in [1.807, 2.05) is 38.1 Å². The number of carbonyl (C=O) groups excluding carboxylic acids is 1. The monoisotopic (exact) mass is 256 g/mol. The fourth-order valence-corrected chi connectivity index (χ4v) is 2.44. The van der Waals surface area contributed by atoms with E-state index in [0.717, 1.165) is 11.1 Å². The van der Waals surface area contributed by atoms with Gasteiger partial charge in [0.25, 0.3) is 0 Å². The Kier molecular flexibility index (Phi) is 3.69. The molecule has 90 valence electrons. The summed E-state index contributed by atoms with van der Waals surface area (Å²) in [6.07, 6.45) is 0. The Labute approximate surface area is 108 Å². The molecule has 0 aromatic heterocycles. The zero-order chi connectivity index (χ0) is 13.1. The van der Waals surface area contributed by atoms with E-state index in [1.54, 1.807) is 18.2 Å². The van der Waals surface area contributed by atoms with Gasteiger partial charge < -0.3 is 0 Å². The minimum absolute atomic E-state index is 0.0296. The topological polar surface area (TPSA) is 34.1 Å². The summed E-state index contributed by atoms with van der Waals surface area (Å²) in [6.45, 7) is 3.73. The summed E-state index contributed by atoms with van der Waals surface area (Å²) in [4.78, 5) is 12.3. The Balaban J connectivity index is 2.53. The van der Waals surface area contributed by atoms with Crippen molar-refractivity contribution < 1.29 is 9.36 Å². The first-order chi connectivity index (χ1) is 8.65. The summed E-state index contributed by atoms with van der Waals surface area (Å²) in [5.74, 6) is -0.0296. The highest BCUT2D eigenvalue weighted by Crippen LogP contribution is 2.17.